The van der Waals surface area contributed by atoms with Gasteiger partial charge in [0, 0.05) is 6.54 Å². The molecule has 3 rings (SSSR count). The highest BCUT2D eigenvalue weighted by atomic mass is 16.5. The highest BCUT2D eigenvalue weighted by Crippen LogP contribution is 2.37. The summed E-state index contributed by atoms with van der Waals surface area (Å²) in [6, 6.07) is 13.6. The normalized spacial score (nSPS) is 20.1. The summed E-state index contributed by atoms with van der Waals surface area (Å²) in [6.45, 7) is 3.88. The van der Waals surface area contributed by atoms with E-state index in [2.05, 4.69) is 5.16 Å². The Hall–Kier alpha value is -3.39. The van der Waals surface area contributed by atoms with Crippen molar-refractivity contribution in [1.82, 2.24) is 10.4 Å². The molecule has 1 aliphatic heterocycles. The van der Waals surface area contributed by atoms with Gasteiger partial charge in [-0.1, -0.05) is 17.3 Å². The van der Waals surface area contributed by atoms with Crippen molar-refractivity contribution in [3.05, 3.63) is 59.7 Å². The monoisotopic (exact) mass is 397 g/mol. The van der Waals surface area contributed by atoms with Gasteiger partial charge in [0.1, 0.15) is 17.5 Å². The Kier molecular flexibility index (Phi) is 5.84. The third-order valence-electron chi connectivity index (χ3n) is 5.36. The molecule has 1 aliphatic rings. The van der Waals surface area contributed by atoms with Crippen molar-refractivity contribution in [3.63, 3.8) is 0 Å². The molecule has 2 atom stereocenters. The van der Waals surface area contributed by atoms with Gasteiger partial charge in [-0.2, -0.15) is 0 Å². The summed E-state index contributed by atoms with van der Waals surface area (Å²) < 4.78 is 5.81. The van der Waals surface area contributed by atoms with Gasteiger partial charge in [-0.05, 0) is 67.8 Å². The van der Waals surface area contributed by atoms with E-state index in [0.29, 0.717) is 24.5 Å². The van der Waals surface area contributed by atoms with E-state index in [1.165, 1.54) is 11.1 Å². The van der Waals surface area contributed by atoms with E-state index < -0.39 is 17.4 Å². The van der Waals surface area contributed by atoms with Crippen LogP contribution < -0.4 is 10.2 Å². The number of hydroxylamine groups is 1. The molecule has 8 heteroatoms. The molecule has 2 amide bonds. The zero-order valence-corrected chi connectivity index (χ0v) is 16.2. The lowest BCUT2D eigenvalue weighted by Crippen LogP contribution is -2.47. The molecule has 0 aromatic heterocycles. The average molecular weight is 397 g/mol. The topological polar surface area (TPSA) is 111 Å². The van der Waals surface area contributed by atoms with Gasteiger partial charge < -0.3 is 14.8 Å². The molecular formula is C21H23N3O5. The largest absolute Gasteiger partial charge is 0.457 e. The first-order valence-electron chi connectivity index (χ1n) is 9.20. The van der Waals surface area contributed by atoms with Gasteiger partial charge in [-0.15, -0.1) is 0 Å². The Balaban J connectivity index is 1.72. The van der Waals surface area contributed by atoms with Crippen LogP contribution >= 0.6 is 0 Å². The van der Waals surface area contributed by atoms with Crippen molar-refractivity contribution >= 4 is 18.0 Å². The number of ether oxygens (including phenoxy) is 1. The number of amides is 2. The second-order valence-corrected chi connectivity index (χ2v) is 7.17. The van der Waals surface area contributed by atoms with Gasteiger partial charge in [-0.3, -0.25) is 14.8 Å². The summed E-state index contributed by atoms with van der Waals surface area (Å²) >= 11 is 0. The minimum absolute atomic E-state index is 0.150. The number of carbonyl (C=O) groups is 2. The van der Waals surface area contributed by atoms with Crippen molar-refractivity contribution in [3.8, 4) is 11.5 Å². The summed E-state index contributed by atoms with van der Waals surface area (Å²) in [5, 5.41) is 20.3. The second-order valence-electron chi connectivity index (χ2n) is 7.17. The smallest absolute Gasteiger partial charge is 0.265 e. The van der Waals surface area contributed by atoms with Gasteiger partial charge in [0.15, 0.2) is 0 Å². The molecule has 2 unspecified atom stereocenters. The number of benzene rings is 2. The maximum atomic E-state index is 13.0. The number of hydrogen-bond donors (Lipinski definition) is 3. The molecule has 29 heavy (non-hydrogen) atoms. The molecule has 2 aromatic rings. The number of oxime groups is 1. The van der Waals surface area contributed by atoms with Crippen molar-refractivity contribution in [2.75, 3.05) is 6.54 Å². The molecule has 0 spiro atoms. The lowest BCUT2D eigenvalue weighted by atomic mass is 9.81. The highest BCUT2D eigenvalue weighted by Gasteiger charge is 2.46. The molecule has 8 nitrogen and oxygen atoms in total. The van der Waals surface area contributed by atoms with E-state index in [4.69, 9.17) is 15.2 Å². The Bertz CT molecular complexity index is 911. The van der Waals surface area contributed by atoms with Gasteiger partial charge in [0.2, 0.25) is 5.91 Å². The number of rotatable bonds is 6. The third-order valence-corrected chi connectivity index (χ3v) is 5.36. The van der Waals surface area contributed by atoms with Crippen LogP contribution in [0.25, 0.3) is 0 Å². The summed E-state index contributed by atoms with van der Waals surface area (Å²) in [7, 11) is 0. The lowest BCUT2D eigenvalue weighted by molar-refractivity contribution is -0.143. The SMILES string of the molecule is CC(C(=O)NO)N1CCC(C)(c2ccc(Oc3ccc(/C=N/O)cc3)cc2)C1=O. The van der Waals surface area contributed by atoms with Crippen molar-refractivity contribution in [2.24, 2.45) is 5.16 Å². The van der Waals surface area contributed by atoms with Crippen LogP contribution in [0, 0.1) is 0 Å². The number of carbonyl (C=O) groups excluding carboxylic acids is 2. The molecule has 152 valence electrons. The second kappa shape index (κ2) is 8.32. The molecule has 0 aliphatic carbocycles. The van der Waals surface area contributed by atoms with Gasteiger partial charge >= 0.3 is 0 Å². The maximum absolute atomic E-state index is 13.0. The fourth-order valence-electron chi connectivity index (χ4n) is 3.46. The lowest BCUT2D eigenvalue weighted by Gasteiger charge is -2.27. The summed E-state index contributed by atoms with van der Waals surface area (Å²) in [5.41, 5.74) is 2.44. The number of nitrogens with one attached hydrogen (secondary N) is 1. The zero-order chi connectivity index (χ0) is 21.0. The van der Waals surface area contributed by atoms with Gasteiger partial charge in [0.25, 0.3) is 5.91 Å². The zero-order valence-electron chi connectivity index (χ0n) is 16.2. The first kappa shape index (κ1) is 20.3. The van der Waals surface area contributed by atoms with Crippen LogP contribution in [-0.4, -0.2) is 45.9 Å². The quantitative estimate of drug-likeness (QED) is 0.300. The number of hydrogen-bond acceptors (Lipinski definition) is 6. The van der Waals surface area contributed by atoms with Crippen LogP contribution in [0.4, 0.5) is 0 Å². The summed E-state index contributed by atoms with van der Waals surface area (Å²) in [5.74, 6) is 0.494. The molecule has 3 N–H and O–H groups in total. The predicted octanol–water partition coefficient (Wildman–Crippen LogP) is 2.67. The molecule has 1 heterocycles. The maximum Gasteiger partial charge on any atom is 0.265 e. The van der Waals surface area contributed by atoms with E-state index in [1.807, 2.05) is 19.1 Å². The van der Waals surface area contributed by atoms with E-state index in [-0.39, 0.29) is 5.91 Å². The van der Waals surface area contributed by atoms with Crippen LogP contribution in [0.15, 0.2) is 53.7 Å². The minimum atomic E-state index is -0.742. The van der Waals surface area contributed by atoms with E-state index in [0.717, 1.165) is 11.1 Å². The molecular weight excluding hydrogens is 374 g/mol. The molecule has 0 radical (unpaired) electrons. The first-order chi connectivity index (χ1) is 13.9. The van der Waals surface area contributed by atoms with E-state index in [9.17, 15) is 9.59 Å². The Morgan fingerprint density at radius 2 is 1.79 bits per heavy atom. The molecule has 1 fully saturated rings. The van der Waals surface area contributed by atoms with Crippen LogP contribution in [0.2, 0.25) is 0 Å². The minimum Gasteiger partial charge on any atom is -0.457 e. The van der Waals surface area contributed by atoms with E-state index in [1.54, 1.807) is 48.8 Å². The summed E-state index contributed by atoms with van der Waals surface area (Å²) in [6.07, 6.45) is 1.90. The molecule has 2 aromatic carbocycles. The van der Waals surface area contributed by atoms with Crippen LogP contribution in [0.5, 0.6) is 11.5 Å². The van der Waals surface area contributed by atoms with Crippen LogP contribution in [0.1, 0.15) is 31.4 Å². The van der Waals surface area contributed by atoms with E-state index >= 15 is 0 Å². The fraction of sp³-hybridized carbons (Fsp3) is 0.286. The Morgan fingerprint density at radius 3 is 2.34 bits per heavy atom. The number of likely N-dealkylation sites (tertiary alicyclic amines) is 1. The van der Waals surface area contributed by atoms with Crippen molar-refractivity contribution in [1.29, 1.82) is 0 Å². The fourth-order valence-corrected chi connectivity index (χ4v) is 3.46. The number of nitrogens with zero attached hydrogens (tertiary/aromatic N) is 2. The van der Waals surface area contributed by atoms with Crippen molar-refractivity contribution in [2.45, 2.75) is 31.7 Å². The van der Waals surface area contributed by atoms with Gasteiger partial charge in [-0.25, -0.2) is 5.48 Å². The predicted molar refractivity (Wildman–Crippen MR) is 105 cm³/mol. The molecule has 0 bridgehead atoms. The Morgan fingerprint density at radius 1 is 1.21 bits per heavy atom. The average Bonchev–Trinajstić information content (AvgIpc) is 3.04. The van der Waals surface area contributed by atoms with Crippen LogP contribution in [-0.2, 0) is 15.0 Å². The highest BCUT2D eigenvalue weighted by molar-refractivity contribution is 5.94. The standard InChI is InChI=1S/C21H23N3O5/c1-14(19(25)23-28)24-12-11-21(2,20(24)26)16-5-9-18(10-6-16)29-17-7-3-15(4-8-17)13-22-27/h3-10,13-14,27-28H,11-12H2,1-2H3,(H,23,25)/b22-13+. The molecule has 1 saturated heterocycles. The van der Waals surface area contributed by atoms with Crippen LogP contribution in [0.3, 0.4) is 0 Å². The van der Waals surface area contributed by atoms with Crippen molar-refractivity contribution < 1.29 is 24.7 Å². The summed E-state index contributed by atoms with van der Waals surface area (Å²) in [4.78, 5) is 26.1. The van der Waals surface area contributed by atoms with Gasteiger partial charge in [0.05, 0.1) is 11.6 Å². The molecule has 0 saturated carbocycles. The third kappa shape index (κ3) is 4.07. The first-order valence-corrected chi connectivity index (χ1v) is 9.20. The Labute approximate surface area is 168 Å².